The van der Waals surface area contributed by atoms with Crippen LogP contribution in [-0.4, -0.2) is 59.0 Å². The van der Waals surface area contributed by atoms with Crippen LogP contribution in [-0.2, 0) is 19.0 Å². The standard InChI is InChI=1S/C29H37NO6/c1-16-6-4-7-19(12-16)24(32)21-8-5-10-29-11-9-18(14-30(21)29)13-22-23(29)17(2)25(35-22)27-26(34-3)20(15-31)28(33)36-27/h4,7,9,11,13,16-19,21,23-24,31-32H,5-6,8,10,12,14-15H2,1-3H3/b27-25+/t16-,17+,18+,19-,21+,23+,24+,29-/m1/s1. The van der Waals surface area contributed by atoms with Crippen molar-refractivity contribution >= 4 is 5.97 Å². The van der Waals surface area contributed by atoms with E-state index in [0.717, 1.165) is 44.4 Å². The molecule has 0 radical (unpaired) electrons. The van der Waals surface area contributed by atoms with Crippen molar-refractivity contribution in [3.05, 3.63) is 59.0 Å². The number of aliphatic hydroxyl groups is 2. The summed E-state index contributed by atoms with van der Waals surface area (Å²) in [5.74, 6) is 2.38. The maximum absolute atomic E-state index is 12.4. The SMILES string of the molecule is COC1=C(CO)C(=O)O/C1=C1/OC2=C[C@@H]3C=C[C@]4(CCC[C@@H]([C@@H](O)[C@@H]5C=CC[C@@H](C)C5)N4C3)[C@H]2[C@@H]1C. The third-order valence-electron chi connectivity index (χ3n) is 9.35. The minimum Gasteiger partial charge on any atom is -0.492 e. The molecule has 2 fully saturated rings. The van der Waals surface area contributed by atoms with Crippen molar-refractivity contribution < 1.29 is 29.2 Å². The summed E-state index contributed by atoms with van der Waals surface area (Å²) in [6, 6.07) is 0.0857. The summed E-state index contributed by atoms with van der Waals surface area (Å²) in [4.78, 5) is 15.0. The number of nitrogens with zero attached hydrogens (tertiary/aromatic N) is 1. The van der Waals surface area contributed by atoms with Gasteiger partial charge in [0.05, 0.1) is 25.4 Å². The molecule has 7 rings (SSSR count). The van der Waals surface area contributed by atoms with Crippen molar-refractivity contribution in [1.29, 1.82) is 0 Å². The molecular formula is C29H37NO6. The highest BCUT2D eigenvalue weighted by atomic mass is 16.6. The molecule has 2 aliphatic carbocycles. The molecule has 7 aliphatic rings. The van der Waals surface area contributed by atoms with Gasteiger partial charge in [-0.25, -0.2) is 4.79 Å². The van der Waals surface area contributed by atoms with Gasteiger partial charge in [-0.3, -0.25) is 4.90 Å². The van der Waals surface area contributed by atoms with Crippen molar-refractivity contribution in [3.8, 4) is 0 Å². The summed E-state index contributed by atoms with van der Waals surface area (Å²) < 4.78 is 17.5. The number of carbonyl (C=O) groups is 1. The monoisotopic (exact) mass is 495 g/mol. The normalized spacial score (nSPS) is 42.5. The van der Waals surface area contributed by atoms with Crippen LogP contribution in [0.5, 0.6) is 0 Å². The molecular weight excluding hydrogens is 458 g/mol. The molecule has 2 bridgehead atoms. The molecule has 2 saturated heterocycles. The Balaban J connectivity index is 1.38. The third-order valence-corrected chi connectivity index (χ3v) is 9.35. The maximum Gasteiger partial charge on any atom is 0.345 e. The van der Waals surface area contributed by atoms with E-state index in [2.05, 4.69) is 49.1 Å². The highest BCUT2D eigenvalue weighted by molar-refractivity contribution is 5.94. The average molecular weight is 496 g/mol. The molecule has 1 spiro atoms. The van der Waals surface area contributed by atoms with E-state index in [4.69, 9.17) is 14.2 Å². The van der Waals surface area contributed by atoms with E-state index >= 15 is 0 Å². The Morgan fingerprint density at radius 1 is 1.28 bits per heavy atom. The topological polar surface area (TPSA) is 88.5 Å². The van der Waals surface area contributed by atoms with E-state index in [1.54, 1.807) is 0 Å². The first-order chi connectivity index (χ1) is 17.4. The lowest BCUT2D eigenvalue weighted by atomic mass is 9.67. The van der Waals surface area contributed by atoms with Crippen molar-refractivity contribution in [2.24, 2.45) is 29.6 Å². The first kappa shape index (κ1) is 24.0. The highest BCUT2D eigenvalue weighted by Crippen LogP contribution is 2.57. The molecule has 2 N–H and O–H groups in total. The lowest BCUT2D eigenvalue weighted by molar-refractivity contribution is -0.133. The van der Waals surface area contributed by atoms with Gasteiger partial charge in [0.15, 0.2) is 11.5 Å². The zero-order valence-electron chi connectivity index (χ0n) is 21.4. The molecule has 0 amide bonds. The van der Waals surface area contributed by atoms with Crippen LogP contribution in [0.4, 0.5) is 0 Å². The molecule has 7 heteroatoms. The van der Waals surface area contributed by atoms with E-state index in [1.807, 2.05) is 0 Å². The first-order valence-corrected chi connectivity index (χ1v) is 13.4. The number of cyclic esters (lactones) is 1. The molecule has 5 heterocycles. The van der Waals surface area contributed by atoms with Crippen LogP contribution in [0.3, 0.4) is 0 Å². The van der Waals surface area contributed by atoms with E-state index in [1.165, 1.54) is 7.11 Å². The average Bonchev–Trinajstić information content (AvgIpc) is 3.27. The van der Waals surface area contributed by atoms with Gasteiger partial charge >= 0.3 is 5.97 Å². The number of hydrogen-bond acceptors (Lipinski definition) is 7. The van der Waals surface area contributed by atoms with E-state index < -0.39 is 18.7 Å². The van der Waals surface area contributed by atoms with Crippen molar-refractivity contribution in [3.63, 3.8) is 0 Å². The van der Waals surface area contributed by atoms with Crippen LogP contribution in [0.2, 0.25) is 0 Å². The third kappa shape index (κ3) is 3.46. The van der Waals surface area contributed by atoms with Gasteiger partial charge in [-0.05, 0) is 44.1 Å². The fraction of sp³-hybridized carbons (Fsp3) is 0.621. The molecule has 0 aromatic heterocycles. The Bertz CT molecular complexity index is 1100. The molecule has 36 heavy (non-hydrogen) atoms. The zero-order chi connectivity index (χ0) is 25.2. The lowest BCUT2D eigenvalue weighted by Crippen LogP contribution is -2.65. The fourth-order valence-electron chi connectivity index (χ4n) is 7.74. The van der Waals surface area contributed by atoms with Gasteiger partial charge < -0.3 is 24.4 Å². The Morgan fingerprint density at radius 2 is 2.11 bits per heavy atom. The molecule has 7 nitrogen and oxygen atoms in total. The zero-order valence-corrected chi connectivity index (χ0v) is 21.4. The number of carbonyl (C=O) groups excluding carboxylic acids is 1. The van der Waals surface area contributed by atoms with E-state index in [0.29, 0.717) is 11.7 Å². The van der Waals surface area contributed by atoms with Crippen molar-refractivity contribution in [1.82, 2.24) is 4.90 Å². The number of methoxy groups -OCH3 is 1. The number of aliphatic hydroxyl groups excluding tert-OH is 2. The van der Waals surface area contributed by atoms with Crippen molar-refractivity contribution in [2.45, 2.75) is 63.6 Å². The molecule has 0 aromatic carbocycles. The molecule has 5 aliphatic heterocycles. The second kappa shape index (κ2) is 8.89. The number of ether oxygens (including phenoxy) is 3. The fourth-order valence-corrected chi connectivity index (χ4v) is 7.74. The van der Waals surface area contributed by atoms with Crippen LogP contribution in [0, 0.1) is 29.6 Å². The number of hydrogen-bond donors (Lipinski definition) is 2. The summed E-state index contributed by atoms with van der Waals surface area (Å²) in [5, 5.41) is 21.4. The summed E-state index contributed by atoms with van der Waals surface area (Å²) in [6.07, 6.45) is 16.1. The van der Waals surface area contributed by atoms with Crippen LogP contribution in [0.25, 0.3) is 0 Å². The molecule has 0 unspecified atom stereocenters. The van der Waals surface area contributed by atoms with E-state index in [9.17, 15) is 15.0 Å². The first-order valence-electron chi connectivity index (χ1n) is 13.4. The van der Waals surface area contributed by atoms with Gasteiger partial charge in [-0.2, -0.15) is 0 Å². The van der Waals surface area contributed by atoms with Gasteiger partial charge in [0, 0.05) is 36.3 Å². The van der Waals surface area contributed by atoms with Gasteiger partial charge in [-0.1, -0.05) is 38.2 Å². The summed E-state index contributed by atoms with van der Waals surface area (Å²) in [7, 11) is 1.48. The van der Waals surface area contributed by atoms with E-state index in [-0.39, 0.29) is 52.3 Å². The smallest absolute Gasteiger partial charge is 0.345 e. The molecule has 194 valence electrons. The maximum atomic E-state index is 12.4. The highest BCUT2D eigenvalue weighted by Gasteiger charge is 2.59. The quantitative estimate of drug-likeness (QED) is 0.455. The Labute approximate surface area is 212 Å². The van der Waals surface area contributed by atoms with Gasteiger partial charge in [-0.15, -0.1) is 0 Å². The molecule has 8 atom stereocenters. The summed E-state index contributed by atoms with van der Waals surface area (Å²) in [6.45, 7) is 4.82. The lowest BCUT2D eigenvalue weighted by Gasteiger charge is -2.56. The van der Waals surface area contributed by atoms with Crippen molar-refractivity contribution in [2.75, 3.05) is 20.3 Å². The van der Waals surface area contributed by atoms with Gasteiger partial charge in [0.2, 0.25) is 5.76 Å². The molecule has 0 aromatic rings. The summed E-state index contributed by atoms with van der Waals surface area (Å²) in [5.41, 5.74) is -0.151. The number of rotatable bonds is 4. The minimum atomic E-state index is -0.592. The Hall–Kier alpha value is -2.35. The van der Waals surface area contributed by atoms with Gasteiger partial charge in [0.25, 0.3) is 0 Å². The molecule has 0 saturated carbocycles. The van der Waals surface area contributed by atoms with Crippen LogP contribution in [0.1, 0.15) is 46.0 Å². The Morgan fingerprint density at radius 3 is 2.86 bits per heavy atom. The van der Waals surface area contributed by atoms with Crippen LogP contribution in [0.15, 0.2) is 59.0 Å². The van der Waals surface area contributed by atoms with Gasteiger partial charge in [0.1, 0.15) is 11.3 Å². The predicted molar refractivity (Wildman–Crippen MR) is 133 cm³/mol. The predicted octanol–water partition coefficient (Wildman–Crippen LogP) is 3.57. The van der Waals surface area contributed by atoms with Crippen LogP contribution < -0.4 is 0 Å². The number of allylic oxidation sites excluding steroid dienone is 2. The van der Waals surface area contributed by atoms with Crippen LogP contribution >= 0.6 is 0 Å². The number of piperidine rings is 1. The second-order valence-electron chi connectivity index (χ2n) is 11.5. The summed E-state index contributed by atoms with van der Waals surface area (Å²) >= 11 is 0. The Kier molecular flexibility index (Phi) is 5.93. The minimum absolute atomic E-state index is 0.0366. The largest absolute Gasteiger partial charge is 0.492 e. The number of esters is 1. The second-order valence-corrected chi connectivity index (χ2v) is 11.5.